The van der Waals surface area contributed by atoms with Gasteiger partial charge in [-0.05, 0) is 31.6 Å². The van der Waals surface area contributed by atoms with Crippen molar-refractivity contribution in [3.8, 4) is 5.75 Å². The van der Waals surface area contributed by atoms with Crippen LogP contribution in [0.5, 0.6) is 5.75 Å². The molecule has 2 amide bonds. The van der Waals surface area contributed by atoms with Gasteiger partial charge in [0.1, 0.15) is 5.75 Å². The van der Waals surface area contributed by atoms with Crippen LogP contribution in [0.15, 0.2) is 54.6 Å². The van der Waals surface area contributed by atoms with Gasteiger partial charge in [-0.25, -0.2) is 0 Å². The minimum Gasteiger partial charge on any atom is -0.496 e. The molecule has 0 aliphatic heterocycles. The van der Waals surface area contributed by atoms with E-state index in [0.29, 0.717) is 24.4 Å². The summed E-state index contributed by atoms with van der Waals surface area (Å²) in [6.45, 7) is 5.15. The maximum atomic E-state index is 13.2. The summed E-state index contributed by atoms with van der Waals surface area (Å²) in [6, 6.07) is 17.0. The summed E-state index contributed by atoms with van der Waals surface area (Å²) < 4.78 is 5.42. The summed E-state index contributed by atoms with van der Waals surface area (Å²) in [6.07, 6.45) is 1.81. The van der Waals surface area contributed by atoms with E-state index in [-0.39, 0.29) is 18.4 Å². The fraction of sp³-hybridized carbons (Fsp3) is 0.304. The highest BCUT2D eigenvalue weighted by molar-refractivity contribution is 6.24. The number of nitrogens with zero attached hydrogens (tertiary/aromatic N) is 2. The van der Waals surface area contributed by atoms with Crippen molar-refractivity contribution in [1.29, 1.82) is 0 Å². The molecule has 0 saturated heterocycles. The Morgan fingerprint density at radius 1 is 0.964 bits per heavy atom. The number of methoxy groups -OCH3 is 1. The van der Waals surface area contributed by atoms with Crippen molar-refractivity contribution < 1.29 is 14.3 Å². The lowest BCUT2D eigenvalue weighted by Crippen LogP contribution is -2.41. The van der Waals surface area contributed by atoms with Crippen molar-refractivity contribution in [3.63, 3.8) is 0 Å². The Morgan fingerprint density at radius 3 is 2.18 bits per heavy atom. The SMILES string of the molecule is CCN(CC)C(=O)CN(C)C(=O)/C(=C/c1ccccc1OC)c1ccccc1. The lowest BCUT2D eigenvalue weighted by Gasteiger charge is -2.24. The molecule has 0 N–H and O–H groups in total. The molecule has 0 bridgehead atoms. The molecule has 0 unspecified atom stereocenters. The second-order valence-corrected chi connectivity index (χ2v) is 6.39. The largest absolute Gasteiger partial charge is 0.496 e. The Balaban J connectivity index is 2.38. The van der Waals surface area contributed by atoms with E-state index in [1.54, 1.807) is 19.1 Å². The van der Waals surface area contributed by atoms with Crippen LogP contribution >= 0.6 is 0 Å². The lowest BCUT2D eigenvalue weighted by atomic mass is 10.0. The second-order valence-electron chi connectivity index (χ2n) is 6.39. The molecule has 2 rings (SSSR count). The summed E-state index contributed by atoms with van der Waals surface area (Å²) >= 11 is 0. The topological polar surface area (TPSA) is 49.9 Å². The van der Waals surface area contributed by atoms with Gasteiger partial charge >= 0.3 is 0 Å². The highest BCUT2D eigenvalue weighted by Crippen LogP contribution is 2.25. The average Bonchev–Trinajstić information content (AvgIpc) is 2.73. The van der Waals surface area contributed by atoms with E-state index in [4.69, 9.17) is 4.74 Å². The van der Waals surface area contributed by atoms with E-state index in [1.165, 1.54) is 4.90 Å². The molecule has 0 fully saturated rings. The number of hydrogen-bond donors (Lipinski definition) is 0. The van der Waals surface area contributed by atoms with Gasteiger partial charge in [0.15, 0.2) is 0 Å². The smallest absolute Gasteiger partial charge is 0.254 e. The van der Waals surface area contributed by atoms with E-state index >= 15 is 0 Å². The third-order valence-electron chi connectivity index (χ3n) is 4.59. The van der Waals surface area contributed by atoms with Crippen LogP contribution in [0.1, 0.15) is 25.0 Å². The first kappa shape index (κ1) is 21.2. The quantitative estimate of drug-likeness (QED) is 0.520. The van der Waals surface area contributed by atoms with Gasteiger partial charge in [0.25, 0.3) is 5.91 Å². The normalized spacial score (nSPS) is 11.1. The van der Waals surface area contributed by atoms with Crippen LogP contribution in [0.2, 0.25) is 0 Å². The molecule has 0 saturated carbocycles. The number of para-hydroxylation sites is 1. The van der Waals surface area contributed by atoms with E-state index in [2.05, 4.69) is 0 Å². The first-order valence-corrected chi connectivity index (χ1v) is 9.45. The Morgan fingerprint density at radius 2 is 1.57 bits per heavy atom. The molecule has 5 heteroatoms. The Bertz CT molecular complexity index is 827. The zero-order valence-corrected chi connectivity index (χ0v) is 17.0. The lowest BCUT2D eigenvalue weighted by molar-refractivity contribution is -0.136. The van der Waals surface area contributed by atoms with Crippen LogP contribution in [0.25, 0.3) is 11.6 Å². The molecule has 0 atom stereocenters. The average molecular weight is 380 g/mol. The molecular formula is C23H28N2O3. The molecule has 0 aromatic heterocycles. The summed E-state index contributed by atoms with van der Waals surface area (Å²) in [7, 11) is 3.26. The number of carbonyl (C=O) groups is 2. The van der Waals surface area contributed by atoms with Crippen LogP contribution in [0, 0.1) is 0 Å². The maximum absolute atomic E-state index is 13.2. The van der Waals surface area contributed by atoms with Crippen molar-refractivity contribution in [1.82, 2.24) is 9.80 Å². The first-order valence-electron chi connectivity index (χ1n) is 9.45. The summed E-state index contributed by atoms with van der Waals surface area (Å²) in [4.78, 5) is 28.8. The van der Waals surface area contributed by atoms with Gasteiger partial charge in [0, 0.05) is 31.3 Å². The molecular weight excluding hydrogens is 352 g/mol. The van der Waals surface area contributed by atoms with E-state index in [9.17, 15) is 9.59 Å². The zero-order valence-electron chi connectivity index (χ0n) is 17.0. The Labute approximate surface area is 167 Å². The van der Waals surface area contributed by atoms with Crippen LogP contribution in [-0.2, 0) is 9.59 Å². The molecule has 0 heterocycles. The van der Waals surface area contributed by atoms with Gasteiger partial charge in [-0.2, -0.15) is 0 Å². The summed E-state index contributed by atoms with van der Waals surface area (Å²) in [5.41, 5.74) is 2.11. The molecule has 2 aromatic rings. The number of benzene rings is 2. The highest BCUT2D eigenvalue weighted by Gasteiger charge is 2.21. The fourth-order valence-electron chi connectivity index (χ4n) is 2.98. The standard InChI is InChI=1S/C23H28N2O3/c1-5-25(6-2)22(26)17-24(3)23(27)20(18-12-8-7-9-13-18)16-19-14-10-11-15-21(19)28-4/h7-16H,5-6,17H2,1-4H3/b20-16+. The second kappa shape index (κ2) is 10.3. The molecule has 0 aliphatic rings. The number of hydrogen-bond acceptors (Lipinski definition) is 3. The van der Waals surface area contributed by atoms with Crippen molar-refractivity contribution in [2.75, 3.05) is 33.8 Å². The van der Waals surface area contributed by atoms with Gasteiger partial charge in [-0.3, -0.25) is 9.59 Å². The van der Waals surface area contributed by atoms with Crippen molar-refractivity contribution in [2.24, 2.45) is 0 Å². The minimum absolute atomic E-state index is 0.0383. The first-order chi connectivity index (χ1) is 13.5. The number of rotatable bonds is 8. The van der Waals surface area contributed by atoms with E-state index in [1.807, 2.05) is 74.5 Å². The molecule has 0 aliphatic carbocycles. The number of ether oxygens (including phenoxy) is 1. The monoisotopic (exact) mass is 380 g/mol. The highest BCUT2D eigenvalue weighted by atomic mass is 16.5. The third-order valence-corrected chi connectivity index (χ3v) is 4.59. The van der Waals surface area contributed by atoms with Crippen molar-refractivity contribution >= 4 is 23.5 Å². The van der Waals surface area contributed by atoms with Gasteiger partial charge in [-0.15, -0.1) is 0 Å². The van der Waals surface area contributed by atoms with Crippen molar-refractivity contribution in [3.05, 3.63) is 65.7 Å². The van der Waals surface area contributed by atoms with E-state index in [0.717, 1.165) is 11.1 Å². The van der Waals surface area contributed by atoms with Gasteiger partial charge < -0.3 is 14.5 Å². The van der Waals surface area contributed by atoms with Crippen LogP contribution in [0.3, 0.4) is 0 Å². The molecule has 5 nitrogen and oxygen atoms in total. The predicted octanol–water partition coefficient (Wildman–Crippen LogP) is 3.56. The van der Waals surface area contributed by atoms with Crippen LogP contribution in [0.4, 0.5) is 0 Å². The van der Waals surface area contributed by atoms with Gasteiger partial charge in [0.2, 0.25) is 5.91 Å². The molecule has 0 spiro atoms. The maximum Gasteiger partial charge on any atom is 0.254 e. The van der Waals surface area contributed by atoms with Gasteiger partial charge in [-0.1, -0.05) is 48.5 Å². The molecule has 0 radical (unpaired) electrons. The summed E-state index contributed by atoms with van der Waals surface area (Å²) in [5, 5.41) is 0. The van der Waals surface area contributed by atoms with E-state index < -0.39 is 0 Å². The number of likely N-dealkylation sites (N-methyl/N-ethyl adjacent to an activating group) is 2. The van der Waals surface area contributed by atoms with Crippen LogP contribution in [-0.4, -0.2) is 55.4 Å². The summed E-state index contributed by atoms with van der Waals surface area (Å²) in [5.74, 6) is 0.411. The molecule has 2 aromatic carbocycles. The fourth-order valence-corrected chi connectivity index (χ4v) is 2.98. The third kappa shape index (κ3) is 5.22. The predicted molar refractivity (Wildman–Crippen MR) is 113 cm³/mol. The van der Waals surface area contributed by atoms with Crippen LogP contribution < -0.4 is 4.74 Å². The number of carbonyl (C=O) groups excluding carboxylic acids is 2. The van der Waals surface area contributed by atoms with Gasteiger partial charge in [0.05, 0.1) is 13.7 Å². The number of amides is 2. The Hall–Kier alpha value is -3.08. The molecule has 28 heavy (non-hydrogen) atoms. The molecule has 148 valence electrons. The van der Waals surface area contributed by atoms with Crippen molar-refractivity contribution in [2.45, 2.75) is 13.8 Å². The zero-order chi connectivity index (χ0) is 20.5. The minimum atomic E-state index is -0.211. The Kier molecular flexibility index (Phi) is 7.81.